The molecule has 0 bridgehead atoms. The summed E-state index contributed by atoms with van der Waals surface area (Å²) in [6.45, 7) is 9.80. The molecule has 1 aromatic carbocycles. The molecule has 21 heavy (non-hydrogen) atoms. The molecule has 1 rings (SSSR count). The van der Waals surface area contributed by atoms with Crippen molar-refractivity contribution >= 4 is 5.97 Å². The summed E-state index contributed by atoms with van der Waals surface area (Å²) in [6.07, 6.45) is -0.227. The van der Waals surface area contributed by atoms with Crippen LogP contribution in [0.5, 0.6) is 5.75 Å². The Bertz CT molecular complexity index is 485. The minimum atomic E-state index is -0.573. The standard InChI is InChI=1S/C17H27NO3/c1-10(2)16(18)17(19)21-13(5)12(4)15-8-7-14(20-6)9-11(15)3/h7-10,12-13,16H,18H2,1-6H3/t12-,13+,16-/m0/s1. The van der Waals surface area contributed by atoms with Gasteiger partial charge in [0, 0.05) is 5.92 Å². The third-order valence-corrected chi connectivity index (χ3v) is 3.96. The summed E-state index contributed by atoms with van der Waals surface area (Å²) in [4.78, 5) is 11.9. The quantitative estimate of drug-likeness (QED) is 0.819. The van der Waals surface area contributed by atoms with Gasteiger partial charge in [0.2, 0.25) is 0 Å². The number of rotatable bonds is 6. The number of carbonyl (C=O) groups is 1. The molecule has 0 aromatic heterocycles. The Balaban J connectivity index is 2.78. The first-order valence-corrected chi connectivity index (χ1v) is 7.38. The van der Waals surface area contributed by atoms with Crippen molar-refractivity contribution < 1.29 is 14.3 Å². The predicted octanol–water partition coefficient (Wildman–Crippen LogP) is 3.02. The lowest BCUT2D eigenvalue weighted by Gasteiger charge is -2.25. The van der Waals surface area contributed by atoms with Crippen molar-refractivity contribution in [2.45, 2.75) is 52.7 Å². The second kappa shape index (κ2) is 7.46. The van der Waals surface area contributed by atoms with Crippen molar-refractivity contribution in [3.63, 3.8) is 0 Å². The van der Waals surface area contributed by atoms with Gasteiger partial charge >= 0.3 is 5.97 Å². The molecule has 0 unspecified atom stereocenters. The first-order valence-electron chi connectivity index (χ1n) is 7.38. The van der Waals surface area contributed by atoms with Crippen molar-refractivity contribution in [1.82, 2.24) is 0 Å². The average Bonchev–Trinajstić information content (AvgIpc) is 2.45. The predicted molar refractivity (Wildman–Crippen MR) is 84.5 cm³/mol. The van der Waals surface area contributed by atoms with Gasteiger partial charge in [-0.3, -0.25) is 4.79 Å². The summed E-state index contributed by atoms with van der Waals surface area (Å²) in [6, 6.07) is 5.36. The van der Waals surface area contributed by atoms with Crippen LogP contribution in [0.15, 0.2) is 18.2 Å². The highest BCUT2D eigenvalue weighted by Crippen LogP contribution is 2.27. The fourth-order valence-electron chi connectivity index (χ4n) is 2.17. The van der Waals surface area contributed by atoms with Crippen LogP contribution in [0.1, 0.15) is 44.7 Å². The van der Waals surface area contributed by atoms with Crippen molar-refractivity contribution in [2.75, 3.05) is 7.11 Å². The largest absolute Gasteiger partial charge is 0.497 e. The van der Waals surface area contributed by atoms with Gasteiger partial charge in [0.05, 0.1) is 7.11 Å². The SMILES string of the molecule is COc1ccc([C@@H](C)[C@@H](C)OC(=O)[C@@H](N)C(C)C)c(C)c1. The zero-order chi connectivity index (χ0) is 16.2. The first-order chi connectivity index (χ1) is 9.77. The molecule has 4 nitrogen and oxygen atoms in total. The summed E-state index contributed by atoms with van der Waals surface area (Å²) in [5.41, 5.74) is 8.09. The number of hydrogen-bond acceptors (Lipinski definition) is 4. The van der Waals surface area contributed by atoms with E-state index in [1.54, 1.807) is 7.11 Å². The van der Waals surface area contributed by atoms with E-state index in [1.807, 2.05) is 52.8 Å². The van der Waals surface area contributed by atoms with Gasteiger partial charge in [-0.15, -0.1) is 0 Å². The van der Waals surface area contributed by atoms with Crippen LogP contribution >= 0.6 is 0 Å². The fraction of sp³-hybridized carbons (Fsp3) is 0.588. The Hall–Kier alpha value is -1.55. The van der Waals surface area contributed by atoms with E-state index < -0.39 is 6.04 Å². The summed E-state index contributed by atoms with van der Waals surface area (Å²) >= 11 is 0. The lowest BCUT2D eigenvalue weighted by atomic mass is 9.92. The highest BCUT2D eigenvalue weighted by Gasteiger charge is 2.25. The second-order valence-electron chi connectivity index (χ2n) is 5.92. The number of nitrogens with two attached hydrogens (primary N) is 1. The second-order valence-corrected chi connectivity index (χ2v) is 5.92. The summed E-state index contributed by atoms with van der Waals surface area (Å²) < 4.78 is 10.7. The summed E-state index contributed by atoms with van der Waals surface area (Å²) in [7, 11) is 1.65. The molecule has 0 aliphatic rings. The third kappa shape index (κ3) is 4.46. The molecule has 0 fully saturated rings. The molecule has 0 saturated heterocycles. The van der Waals surface area contributed by atoms with Gasteiger partial charge in [-0.2, -0.15) is 0 Å². The normalized spacial score (nSPS) is 15.4. The number of methoxy groups -OCH3 is 1. The number of ether oxygens (including phenoxy) is 2. The Morgan fingerprint density at radius 1 is 1.19 bits per heavy atom. The molecular weight excluding hydrogens is 266 g/mol. The van der Waals surface area contributed by atoms with Crippen molar-refractivity contribution in [2.24, 2.45) is 11.7 Å². The Labute approximate surface area is 127 Å². The highest BCUT2D eigenvalue weighted by atomic mass is 16.5. The lowest BCUT2D eigenvalue weighted by Crippen LogP contribution is -2.39. The van der Waals surface area contributed by atoms with Gasteiger partial charge in [0.15, 0.2) is 0 Å². The van der Waals surface area contributed by atoms with Crippen LogP contribution in [0.25, 0.3) is 0 Å². The maximum atomic E-state index is 11.9. The van der Waals surface area contributed by atoms with E-state index in [-0.39, 0.29) is 23.9 Å². The van der Waals surface area contributed by atoms with Gasteiger partial charge in [-0.05, 0) is 43.0 Å². The average molecular weight is 293 g/mol. The van der Waals surface area contributed by atoms with E-state index >= 15 is 0 Å². The smallest absolute Gasteiger partial charge is 0.323 e. The van der Waals surface area contributed by atoms with Crippen molar-refractivity contribution in [3.05, 3.63) is 29.3 Å². The Morgan fingerprint density at radius 2 is 1.81 bits per heavy atom. The topological polar surface area (TPSA) is 61.5 Å². The third-order valence-electron chi connectivity index (χ3n) is 3.96. The van der Waals surface area contributed by atoms with Crippen molar-refractivity contribution in [1.29, 1.82) is 0 Å². The zero-order valence-electron chi connectivity index (χ0n) is 13.8. The number of carbonyl (C=O) groups excluding carboxylic acids is 1. The van der Waals surface area contributed by atoms with Crippen LogP contribution in [-0.4, -0.2) is 25.2 Å². The van der Waals surface area contributed by atoms with Crippen LogP contribution in [0.3, 0.4) is 0 Å². The maximum Gasteiger partial charge on any atom is 0.323 e. The molecule has 0 radical (unpaired) electrons. The summed E-state index contributed by atoms with van der Waals surface area (Å²) in [5, 5.41) is 0. The molecular formula is C17H27NO3. The number of hydrogen-bond donors (Lipinski definition) is 1. The van der Waals surface area contributed by atoms with Crippen LogP contribution in [0.2, 0.25) is 0 Å². The molecule has 4 heteroatoms. The van der Waals surface area contributed by atoms with Gasteiger partial charge in [0.1, 0.15) is 17.9 Å². The zero-order valence-corrected chi connectivity index (χ0v) is 13.8. The van der Waals surface area contributed by atoms with Crippen LogP contribution < -0.4 is 10.5 Å². The molecule has 2 N–H and O–H groups in total. The Morgan fingerprint density at radius 3 is 2.29 bits per heavy atom. The molecule has 0 spiro atoms. The van der Waals surface area contributed by atoms with Gasteiger partial charge in [-0.25, -0.2) is 0 Å². The van der Waals surface area contributed by atoms with Gasteiger partial charge < -0.3 is 15.2 Å². The number of esters is 1. The molecule has 118 valence electrons. The van der Waals surface area contributed by atoms with E-state index in [0.29, 0.717) is 0 Å². The van der Waals surface area contributed by atoms with Gasteiger partial charge in [-0.1, -0.05) is 26.8 Å². The minimum Gasteiger partial charge on any atom is -0.497 e. The fourth-order valence-corrected chi connectivity index (χ4v) is 2.17. The van der Waals surface area contributed by atoms with Crippen molar-refractivity contribution in [3.8, 4) is 5.75 Å². The molecule has 0 aliphatic heterocycles. The first kappa shape index (κ1) is 17.5. The summed E-state index contributed by atoms with van der Waals surface area (Å²) in [5.74, 6) is 0.660. The molecule has 3 atom stereocenters. The van der Waals surface area contributed by atoms with E-state index in [0.717, 1.165) is 16.9 Å². The van der Waals surface area contributed by atoms with Crippen LogP contribution in [-0.2, 0) is 9.53 Å². The van der Waals surface area contributed by atoms with E-state index in [1.165, 1.54) is 0 Å². The molecule has 0 amide bonds. The number of aryl methyl sites for hydroxylation is 1. The van der Waals surface area contributed by atoms with Gasteiger partial charge in [0.25, 0.3) is 0 Å². The number of benzene rings is 1. The van der Waals surface area contributed by atoms with E-state index in [4.69, 9.17) is 15.2 Å². The van der Waals surface area contributed by atoms with E-state index in [9.17, 15) is 4.79 Å². The Kier molecular flexibility index (Phi) is 6.21. The van der Waals surface area contributed by atoms with E-state index in [2.05, 4.69) is 0 Å². The molecule has 0 aliphatic carbocycles. The highest BCUT2D eigenvalue weighted by molar-refractivity contribution is 5.76. The van der Waals surface area contributed by atoms with Crippen LogP contribution in [0, 0.1) is 12.8 Å². The van der Waals surface area contributed by atoms with Crippen LogP contribution in [0.4, 0.5) is 0 Å². The molecule has 0 heterocycles. The maximum absolute atomic E-state index is 11.9. The monoisotopic (exact) mass is 293 g/mol. The minimum absolute atomic E-state index is 0.0720. The molecule has 1 aromatic rings. The molecule has 0 saturated carbocycles. The lowest BCUT2D eigenvalue weighted by molar-refractivity contribution is -0.151.